The van der Waals surface area contributed by atoms with Crippen LogP contribution in [0.1, 0.15) is 138 Å². The number of hydrogen-bond acceptors (Lipinski definition) is 4. The summed E-state index contributed by atoms with van der Waals surface area (Å²) in [4.78, 5) is 39.0. The van der Waals surface area contributed by atoms with E-state index in [-0.39, 0.29) is 57.5 Å². The molecule has 2 aromatic carbocycles. The van der Waals surface area contributed by atoms with Gasteiger partial charge in [0.1, 0.15) is 5.82 Å². The topological polar surface area (TPSA) is 95.5 Å². The highest BCUT2D eigenvalue weighted by molar-refractivity contribution is 5.95. The van der Waals surface area contributed by atoms with E-state index in [1.165, 1.54) is 44.7 Å². The number of halogens is 1. The second-order valence-corrected chi connectivity index (χ2v) is 18.6. The first-order valence-corrected chi connectivity index (χ1v) is 19.7. The summed E-state index contributed by atoms with van der Waals surface area (Å²) in [6, 6.07) is 11.7. The molecule has 51 heavy (non-hydrogen) atoms. The number of fused-ring (bicyclic) bond motifs is 7. The molecule has 5 fully saturated rings. The highest BCUT2D eigenvalue weighted by atomic mass is 19.1. The van der Waals surface area contributed by atoms with E-state index in [2.05, 4.69) is 45.3 Å². The number of carbonyl (C=O) groups is 3. The normalized spacial score (nSPS) is 38.0. The van der Waals surface area contributed by atoms with Gasteiger partial charge in [0.25, 0.3) is 5.91 Å². The fraction of sp³-hybridized carbons (Fsp3) is 0.659. The van der Waals surface area contributed by atoms with Crippen molar-refractivity contribution in [2.24, 2.45) is 57.2 Å². The summed E-state index contributed by atoms with van der Waals surface area (Å²) < 4.78 is 14.3. The average Bonchev–Trinajstić information content (AvgIpc) is 3.45. The minimum Gasteiger partial charge on any atom is -0.393 e. The summed E-state index contributed by atoms with van der Waals surface area (Å²) in [5, 5.41) is 17.2. The van der Waals surface area contributed by atoms with Crippen LogP contribution in [0.25, 0.3) is 0 Å². The molecule has 10 unspecified atom stereocenters. The van der Waals surface area contributed by atoms with Gasteiger partial charge in [-0.1, -0.05) is 52.8 Å². The molecule has 3 N–H and O–H groups in total. The van der Waals surface area contributed by atoms with E-state index in [1.54, 1.807) is 12.1 Å². The van der Waals surface area contributed by atoms with Gasteiger partial charge in [-0.05, 0) is 158 Å². The second-order valence-electron chi connectivity index (χ2n) is 18.6. The lowest BCUT2D eigenvalue weighted by Crippen LogP contribution is -2.64. The quantitative estimate of drug-likeness (QED) is 0.252. The number of nitrogens with one attached hydrogen (secondary N) is 2. The number of benzene rings is 2. The summed E-state index contributed by atoms with van der Waals surface area (Å²) in [5.74, 6) is 2.36. The molecule has 5 aliphatic carbocycles. The Kier molecular flexibility index (Phi) is 9.33. The fourth-order valence-electron chi connectivity index (χ4n) is 13.4. The maximum Gasteiger partial charge on any atom is 0.251 e. The van der Waals surface area contributed by atoms with Gasteiger partial charge in [0.2, 0.25) is 5.91 Å². The Morgan fingerprint density at radius 1 is 0.804 bits per heavy atom. The molecule has 7 rings (SSSR count). The van der Waals surface area contributed by atoms with Crippen LogP contribution < -0.4 is 10.6 Å². The number of aliphatic hydroxyl groups excluding tert-OH is 1. The molecule has 2 amide bonds. The van der Waals surface area contributed by atoms with E-state index in [1.807, 2.05) is 18.2 Å². The lowest BCUT2D eigenvalue weighted by Gasteiger charge is -2.69. The van der Waals surface area contributed by atoms with E-state index >= 15 is 0 Å². The molecule has 6 nitrogen and oxygen atoms in total. The molecular formula is C44H59FN2O4. The Bertz CT molecular complexity index is 1710. The van der Waals surface area contributed by atoms with Crippen LogP contribution in [-0.4, -0.2) is 28.8 Å². The number of aliphatic hydroxyl groups is 1. The number of Topliss-reactive ketones (excluding diaryl/α,β-unsaturated/α-hetero) is 1. The second kappa shape index (κ2) is 13.1. The fourth-order valence-corrected chi connectivity index (χ4v) is 13.4. The maximum atomic E-state index is 14.4. The smallest absolute Gasteiger partial charge is 0.251 e. The van der Waals surface area contributed by atoms with Crippen molar-refractivity contribution in [2.75, 3.05) is 0 Å². The molecule has 0 aliphatic heterocycles. The summed E-state index contributed by atoms with van der Waals surface area (Å²) in [6.07, 6.45) is 10.9. The molecule has 10 atom stereocenters. The summed E-state index contributed by atoms with van der Waals surface area (Å²) in [6.45, 7) is 14.1. The van der Waals surface area contributed by atoms with Gasteiger partial charge in [-0.2, -0.15) is 0 Å². The summed E-state index contributed by atoms with van der Waals surface area (Å²) in [5.41, 5.74) is 2.14. The van der Waals surface area contributed by atoms with Gasteiger partial charge < -0.3 is 15.7 Å². The van der Waals surface area contributed by atoms with E-state index in [4.69, 9.17) is 0 Å². The van der Waals surface area contributed by atoms with Crippen LogP contribution in [0.2, 0.25) is 0 Å². The van der Waals surface area contributed by atoms with Crippen molar-refractivity contribution in [2.45, 2.75) is 125 Å². The monoisotopic (exact) mass is 698 g/mol. The Hall–Kier alpha value is -3.06. The minimum absolute atomic E-state index is 0.0369. The molecule has 0 heterocycles. The van der Waals surface area contributed by atoms with Crippen LogP contribution in [0, 0.1) is 63.0 Å². The van der Waals surface area contributed by atoms with Crippen LogP contribution in [0.15, 0.2) is 42.5 Å². The Balaban J connectivity index is 1.02. The van der Waals surface area contributed by atoms with E-state index in [9.17, 15) is 23.9 Å². The zero-order valence-corrected chi connectivity index (χ0v) is 31.6. The first kappa shape index (κ1) is 36.3. The molecule has 0 bridgehead atoms. The van der Waals surface area contributed by atoms with Crippen molar-refractivity contribution in [3.05, 3.63) is 70.5 Å². The predicted octanol–water partition coefficient (Wildman–Crippen LogP) is 8.65. The molecular weight excluding hydrogens is 639 g/mol. The number of hydrogen-bond donors (Lipinski definition) is 3. The lowest BCUT2D eigenvalue weighted by atomic mass is 9.36. The summed E-state index contributed by atoms with van der Waals surface area (Å²) >= 11 is 0. The average molecular weight is 699 g/mol. The molecule has 0 saturated heterocycles. The van der Waals surface area contributed by atoms with Crippen LogP contribution in [0.3, 0.4) is 0 Å². The number of ketones is 1. The van der Waals surface area contributed by atoms with Crippen LogP contribution in [0.4, 0.5) is 4.39 Å². The number of amides is 2. The van der Waals surface area contributed by atoms with Gasteiger partial charge in [-0.25, -0.2) is 4.39 Å². The van der Waals surface area contributed by atoms with E-state index < -0.39 is 5.82 Å². The maximum absolute atomic E-state index is 14.4. The van der Waals surface area contributed by atoms with Gasteiger partial charge in [0.15, 0.2) is 5.78 Å². The molecule has 0 aromatic heterocycles. The highest BCUT2D eigenvalue weighted by Crippen LogP contribution is 2.73. The SMILES string of the molecule is CC(=O)c1ccc(CNC(=O)c2cccc(CNC(=O)C34CCC(C)C3C3CCC5C(C)(CCC6C(C)(C)C(O)CCC65C)C3CC4)c2)cc1F. The zero-order chi connectivity index (χ0) is 36.5. The molecule has 5 aliphatic rings. The van der Waals surface area contributed by atoms with Crippen molar-refractivity contribution in [1.82, 2.24) is 10.6 Å². The third-order valence-electron chi connectivity index (χ3n) is 15.8. The largest absolute Gasteiger partial charge is 0.393 e. The Morgan fingerprint density at radius 2 is 1.51 bits per heavy atom. The van der Waals surface area contributed by atoms with Crippen LogP contribution in [0.5, 0.6) is 0 Å². The van der Waals surface area contributed by atoms with Crippen molar-refractivity contribution >= 4 is 17.6 Å². The van der Waals surface area contributed by atoms with Crippen molar-refractivity contribution in [1.29, 1.82) is 0 Å². The molecule has 276 valence electrons. The van der Waals surface area contributed by atoms with Gasteiger partial charge in [0.05, 0.1) is 17.1 Å². The standard InChI is InChI=1S/C44H59FN2O4/c1-26-14-20-44(40(51)47-25-28-8-7-9-30(22-28)39(50)46-24-29-10-11-31(27(2)48)34(45)23-29)21-15-33-32(38(26)44)12-13-36-42(33,5)18-16-35-41(3,4)37(49)17-19-43(35,36)6/h7-11,22-23,26,32-33,35-38,49H,12-21,24-25H2,1-6H3,(H,46,50)(H,47,51). The number of rotatable bonds is 7. The first-order chi connectivity index (χ1) is 24.1. The van der Waals surface area contributed by atoms with Crippen LogP contribution in [-0.2, 0) is 17.9 Å². The zero-order valence-electron chi connectivity index (χ0n) is 31.6. The van der Waals surface area contributed by atoms with Crippen molar-refractivity contribution in [3.8, 4) is 0 Å². The van der Waals surface area contributed by atoms with Crippen molar-refractivity contribution < 1.29 is 23.9 Å². The van der Waals surface area contributed by atoms with Gasteiger partial charge in [-0.3, -0.25) is 14.4 Å². The van der Waals surface area contributed by atoms with Crippen LogP contribution >= 0.6 is 0 Å². The van der Waals surface area contributed by atoms with E-state index in [0.29, 0.717) is 53.2 Å². The Labute approximate surface area is 304 Å². The minimum atomic E-state index is -0.590. The van der Waals surface area contributed by atoms with E-state index in [0.717, 1.165) is 44.1 Å². The molecule has 0 spiro atoms. The van der Waals surface area contributed by atoms with Gasteiger partial charge >= 0.3 is 0 Å². The summed E-state index contributed by atoms with van der Waals surface area (Å²) in [7, 11) is 0. The lowest BCUT2D eigenvalue weighted by molar-refractivity contribution is -0.216. The van der Waals surface area contributed by atoms with Gasteiger partial charge in [0, 0.05) is 18.7 Å². The third-order valence-corrected chi connectivity index (χ3v) is 15.8. The highest BCUT2D eigenvalue weighted by Gasteiger charge is 2.67. The van der Waals surface area contributed by atoms with Crippen molar-refractivity contribution in [3.63, 3.8) is 0 Å². The molecule has 0 radical (unpaired) electrons. The number of carbonyl (C=O) groups excluding carboxylic acids is 3. The third kappa shape index (κ3) is 5.88. The predicted molar refractivity (Wildman–Crippen MR) is 197 cm³/mol. The first-order valence-electron chi connectivity index (χ1n) is 19.7. The van der Waals surface area contributed by atoms with Gasteiger partial charge in [-0.15, -0.1) is 0 Å². The molecule has 7 heteroatoms. The molecule has 2 aromatic rings. The molecule has 5 saturated carbocycles. The Morgan fingerprint density at radius 3 is 2.25 bits per heavy atom.